The lowest BCUT2D eigenvalue weighted by Crippen LogP contribution is -2.43. The third-order valence-electron chi connectivity index (χ3n) is 3.41. The molecule has 1 aromatic rings. The molecule has 6 nitrogen and oxygen atoms in total. The van der Waals surface area contributed by atoms with E-state index >= 15 is 0 Å². The Hall–Kier alpha value is -1.79. The van der Waals surface area contributed by atoms with Crippen LogP contribution in [-0.2, 0) is 9.59 Å². The first-order valence-electron chi connectivity index (χ1n) is 7.10. The van der Waals surface area contributed by atoms with Gasteiger partial charge in [0.05, 0.1) is 18.8 Å². The predicted molar refractivity (Wildman–Crippen MR) is 88.8 cm³/mol. The zero-order chi connectivity index (χ0) is 15.2. The maximum absolute atomic E-state index is 12.1. The lowest BCUT2D eigenvalue weighted by Gasteiger charge is -2.22. The molecule has 2 amide bonds. The van der Waals surface area contributed by atoms with Gasteiger partial charge in [0.25, 0.3) is 0 Å². The van der Waals surface area contributed by atoms with Crippen molar-refractivity contribution in [1.82, 2.24) is 5.32 Å². The van der Waals surface area contributed by atoms with Gasteiger partial charge in [-0.25, -0.2) is 0 Å². The first-order valence-corrected chi connectivity index (χ1v) is 7.10. The molecule has 22 heavy (non-hydrogen) atoms. The number of carbonyl (C=O) groups excluding carboxylic acids is 2. The summed E-state index contributed by atoms with van der Waals surface area (Å²) >= 11 is 0. The molecule has 1 unspecified atom stereocenters. The van der Waals surface area contributed by atoms with E-state index in [1.807, 2.05) is 0 Å². The Morgan fingerprint density at radius 2 is 2.05 bits per heavy atom. The van der Waals surface area contributed by atoms with Crippen LogP contribution in [0.4, 0.5) is 11.4 Å². The zero-order valence-electron chi connectivity index (χ0n) is 12.8. The quantitative estimate of drug-likeness (QED) is 0.791. The van der Waals surface area contributed by atoms with Crippen molar-refractivity contribution in [1.29, 1.82) is 0 Å². The smallest absolute Gasteiger partial charge is 0.241 e. The highest BCUT2D eigenvalue weighted by Gasteiger charge is 2.20. The summed E-state index contributed by atoms with van der Waals surface area (Å²) in [5.41, 5.74) is 1.23. The van der Waals surface area contributed by atoms with Crippen molar-refractivity contribution in [2.45, 2.75) is 32.2 Å². The van der Waals surface area contributed by atoms with Crippen LogP contribution in [0.15, 0.2) is 18.2 Å². The molecule has 0 spiro atoms. The van der Waals surface area contributed by atoms with Crippen LogP contribution in [0.2, 0.25) is 0 Å². The predicted octanol–water partition coefficient (Wildman–Crippen LogP) is 2.16. The second-order valence-corrected chi connectivity index (χ2v) is 5.09. The monoisotopic (exact) mass is 327 g/mol. The molecule has 0 saturated carbocycles. The average molecular weight is 328 g/mol. The number of halogens is 1. The highest BCUT2D eigenvalue weighted by Crippen LogP contribution is 2.28. The molecule has 2 rings (SSSR count). The van der Waals surface area contributed by atoms with Crippen LogP contribution in [0.1, 0.15) is 26.2 Å². The minimum absolute atomic E-state index is 0. The Labute approximate surface area is 136 Å². The van der Waals surface area contributed by atoms with E-state index in [0.29, 0.717) is 17.1 Å². The highest BCUT2D eigenvalue weighted by molar-refractivity contribution is 5.96. The molecule has 1 aromatic carbocycles. The molecule has 1 aliphatic heterocycles. The summed E-state index contributed by atoms with van der Waals surface area (Å²) in [7, 11) is 1.52. The topological polar surface area (TPSA) is 79.5 Å². The lowest BCUT2D eigenvalue weighted by atomic mass is 10.0. The number of anilines is 2. The minimum Gasteiger partial charge on any atom is -0.494 e. The molecule has 1 aliphatic rings. The number of carbonyl (C=O) groups is 2. The van der Waals surface area contributed by atoms with E-state index in [0.717, 1.165) is 25.8 Å². The molecule has 0 radical (unpaired) electrons. The van der Waals surface area contributed by atoms with Crippen molar-refractivity contribution in [3.63, 3.8) is 0 Å². The summed E-state index contributed by atoms with van der Waals surface area (Å²) in [5.74, 6) is 0.306. The molecular formula is C15H22ClN3O3. The van der Waals surface area contributed by atoms with Gasteiger partial charge in [-0.2, -0.15) is 0 Å². The van der Waals surface area contributed by atoms with Gasteiger partial charge < -0.3 is 20.7 Å². The maximum Gasteiger partial charge on any atom is 0.241 e. The Kier molecular flexibility index (Phi) is 7.14. The molecular weight excluding hydrogens is 306 g/mol. The first kappa shape index (κ1) is 18.3. The van der Waals surface area contributed by atoms with Gasteiger partial charge in [-0.3, -0.25) is 9.59 Å². The van der Waals surface area contributed by atoms with Gasteiger partial charge in [-0.05, 0) is 31.5 Å². The molecule has 0 aliphatic carbocycles. The molecule has 1 fully saturated rings. The van der Waals surface area contributed by atoms with Crippen LogP contribution < -0.4 is 20.7 Å². The van der Waals surface area contributed by atoms with Crippen molar-refractivity contribution in [2.75, 3.05) is 24.3 Å². The van der Waals surface area contributed by atoms with E-state index in [-0.39, 0.29) is 30.3 Å². The van der Waals surface area contributed by atoms with Gasteiger partial charge in [0, 0.05) is 18.7 Å². The van der Waals surface area contributed by atoms with E-state index < -0.39 is 0 Å². The summed E-state index contributed by atoms with van der Waals surface area (Å²) in [6.07, 6.45) is 3.03. The summed E-state index contributed by atoms with van der Waals surface area (Å²) in [6, 6.07) is 5.02. The molecule has 0 bridgehead atoms. The van der Waals surface area contributed by atoms with E-state index in [1.54, 1.807) is 18.2 Å². The standard InChI is InChI=1S/C15H21N3O3.ClH/c1-10(19)17-12-7-6-11(9-14(12)21-2)18-15(20)13-5-3-4-8-16-13;/h6-7,9,13,16H,3-5,8H2,1-2H3,(H,17,19)(H,18,20);1H. The van der Waals surface area contributed by atoms with Crippen LogP contribution in [0.3, 0.4) is 0 Å². The van der Waals surface area contributed by atoms with Gasteiger partial charge in [0.2, 0.25) is 11.8 Å². The molecule has 1 saturated heterocycles. The number of piperidine rings is 1. The summed E-state index contributed by atoms with van der Waals surface area (Å²) in [6.45, 7) is 2.31. The fourth-order valence-corrected chi connectivity index (χ4v) is 2.37. The summed E-state index contributed by atoms with van der Waals surface area (Å²) < 4.78 is 5.23. The number of hydrogen-bond acceptors (Lipinski definition) is 4. The number of rotatable bonds is 4. The second kappa shape index (κ2) is 8.60. The molecule has 0 aromatic heterocycles. The maximum atomic E-state index is 12.1. The zero-order valence-corrected chi connectivity index (χ0v) is 13.6. The van der Waals surface area contributed by atoms with E-state index in [4.69, 9.17) is 4.74 Å². The molecule has 3 N–H and O–H groups in total. The summed E-state index contributed by atoms with van der Waals surface area (Å²) in [5, 5.41) is 8.76. The van der Waals surface area contributed by atoms with Crippen LogP contribution in [0, 0.1) is 0 Å². The number of benzene rings is 1. The van der Waals surface area contributed by atoms with E-state index in [1.165, 1.54) is 14.0 Å². The SMILES string of the molecule is COc1cc(NC(=O)C2CCCCN2)ccc1NC(C)=O.Cl. The lowest BCUT2D eigenvalue weighted by molar-refractivity contribution is -0.118. The van der Waals surface area contributed by atoms with Gasteiger partial charge in [-0.1, -0.05) is 6.42 Å². The Morgan fingerprint density at radius 1 is 1.27 bits per heavy atom. The fraction of sp³-hybridized carbons (Fsp3) is 0.467. The normalized spacial score (nSPS) is 17.1. The van der Waals surface area contributed by atoms with Crippen molar-refractivity contribution >= 4 is 35.6 Å². The van der Waals surface area contributed by atoms with Gasteiger partial charge in [0.1, 0.15) is 5.75 Å². The van der Waals surface area contributed by atoms with E-state index in [9.17, 15) is 9.59 Å². The summed E-state index contributed by atoms with van der Waals surface area (Å²) in [4.78, 5) is 23.3. The Bertz CT molecular complexity index is 531. The number of methoxy groups -OCH3 is 1. The highest BCUT2D eigenvalue weighted by atomic mass is 35.5. The van der Waals surface area contributed by atoms with Crippen molar-refractivity contribution in [3.8, 4) is 5.75 Å². The largest absolute Gasteiger partial charge is 0.494 e. The fourth-order valence-electron chi connectivity index (χ4n) is 2.37. The van der Waals surface area contributed by atoms with E-state index in [2.05, 4.69) is 16.0 Å². The molecule has 7 heteroatoms. The van der Waals surface area contributed by atoms with Crippen LogP contribution in [0.5, 0.6) is 5.75 Å². The van der Waals surface area contributed by atoms with Crippen LogP contribution in [-0.4, -0.2) is 31.5 Å². The number of amides is 2. The van der Waals surface area contributed by atoms with Crippen molar-refractivity contribution in [3.05, 3.63) is 18.2 Å². The first-order chi connectivity index (χ1) is 10.1. The Balaban J connectivity index is 0.00000242. The third-order valence-corrected chi connectivity index (χ3v) is 3.41. The number of hydrogen-bond donors (Lipinski definition) is 3. The van der Waals surface area contributed by atoms with Gasteiger partial charge >= 0.3 is 0 Å². The second-order valence-electron chi connectivity index (χ2n) is 5.09. The van der Waals surface area contributed by atoms with Gasteiger partial charge in [0.15, 0.2) is 0 Å². The molecule has 1 heterocycles. The van der Waals surface area contributed by atoms with Gasteiger partial charge in [-0.15, -0.1) is 12.4 Å². The number of nitrogens with one attached hydrogen (secondary N) is 3. The third kappa shape index (κ3) is 4.89. The van der Waals surface area contributed by atoms with Crippen molar-refractivity contribution < 1.29 is 14.3 Å². The average Bonchev–Trinajstić information content (AvgIpc) is 2.49. The number of ether oxygens (including phenoxy) is 1. The minimum atomic E-state index is -0.170. The molecule has 122 valence electrons. The van der Waals surface area contributed by atoms with Crippen LogP contribution in [0.25, 0.3) is 0 Å². The van der Waals surface area contributed by atoms with Crippen molar-refractivity contribution in [2.24, 2.45) is 0 Å². The molecule has 1 atom stereocenters. The Morgan fingerprint density at radius 3 is 2.64 bits per heavy atom. The van der Waals surface area contributed by atoms with Crippen LogP contribution >= 0.6 is 12.4 Å².